The Morgan fingerprint density at radius 2 is 1.95 bits per heavy atom. The standard InChI is InChI=1S/C15H26N4/c1-10(2)15(6-7-15)9-17-12-8-11(16)18-13(19-12)14(3,4)5/h8,10H,6-7,9H2,1-5H3,(H3,16,17,18,19). The first kappa shape index (κ1) is 14.1. The van der Waals surface area contributed by atoms with Crippen LogP contribution in [0.4, 0.5) is 11.6 Å². The normalized spacial score (nSPS) is 17.6. The van der Waals surface area contributed by atoms with Gasteiger partial charge in [-0.15, -0.1) is 0 Å². The van der Waals surface area contributed by atoms with Crippen LogP contribution in [0.15, 0.2) is 6.07 Å². The van der Waals surface area contributed by atoms with E-state index >= 15 is 0 Å². The van der Waals surface area contributed by atoms with Crippen molar-refractivity contribution in [3.63, 3.8) is 0 Å². The Kier molecular flexibility index (Phi) is 3.45. The molecule has 106 valence electrons. The largest absolute Gasteiger partial charge is 0.384 e. The second kappa shape index (κ2) is 4.66. The fraction of sp³-hybridized carbons (Fsp3) is 0.733. The first-order valence-corrected chi connectivity index (χ1v) is 7.12. The quantitative estimate of drug-likeness (QED) is 0.874. The molecular formula is C15H26N4. The Morgan fingerprint density at radius 3 is 2.42 bits per heavy atom. The molecule has 0 aliphatic heterocycles. The van der Waals surface area contributed by atoms with Crippen molar-refractivity contribution in [3.8, 4) is 0 Å². The van der Waals surface area contributed by atoms with Crippen molar-refractivity contribution >= 4 is 11.6 Å². The van der Waals surface area contributed by atoms with Crippen LogP contribution < -0.4 is 11.1 Å². The number of nitrogens with two attached hydrogens (primary N) is 1. The van der Waals surface area contributed by atoms with Crippen molar-refractivity contribution in [1.29, 1.82) is 0 Å². The van der Waals surface area contributed by atoms with Crippen molar-refractivity contribution in [2.75, 3.05) is 17.6 Å². The number of nitrogens with zero attached hydrogens (tertiary/aromatic N) is 2. The summed E-state index contributed by atoms with van der Waals surface area (Å²) in [4.78, 5) is 8.92. The predicted octanol–water partition coefficient (Wildman–Crippen LogP) is 3.20. The smallest absolute Gasteiger partial charge is 0.138 e. The van der Waals surface area contributed by atoms with Crippen molar-refractivity contribution in [2.24, 2.45) is 11.3 Å². The Morgan fingerprint density at radius 1 is 1.32 bits per heavy atom. The lowest BCUT2D eigenvalue weighted by atomic mass is 9.92. The molecule has 1 heterocycles. The molecule has 0 unspecified atom stereocenters. The third-order valence-electron chi connectivity index (χ3n) is 4.16. The van der Waals surface area contributed by atoms with Crippen molar-refractivity contribution in [3.05, 3.63) is 11.9 Å². The fourth-order valence-corrected chi connectivity index (χ4v) is 2.28. The molecule has 0 atom stereocenters. The van der Waals surface area contributed by atoms with E-state index in [-0.39, 0.29) is 5.41 Å². The zero-order valence-corrected chi connectivity index (χ0v) is 12.7. The summed E-state index contributed by atoms with van der Waals surface area (Å²) in [5.41, 5.74) is 6.26. The maximum atomic E-state index is 5.88. The van der Waals surface area contributed by atoms with Gasteiger partial charge in [-0.2, -0.15) is 0 Å². The lowest BCUT2D eigenvalue weighted by Gasteiger charge is -2.22. The molecule has 0 bridgehead atoms. The third-order valence-corrected chi connectivity index (χ3v) is 4.16. The summed E-state index contributed by atoms with van der Waals surface area (Å²) in [6.07, 6.45) is 2.62. The van der Waals surface area contributed by atoms with Crippen LogP contribution in [-0.4, -0.2) is 16.5 Å². The molecule has 0 aromatic carbocycles. The van der Waals surface area contributed by atoms with Crippen LogP contribution >= 0.6 is 0 Å². The highest BCUT2D eigenvalue weighted by Crippen LogP contribution is 2.51. The van der Waals surface area contributed by atoms with E-state index in [1.165, 1.54) is 12.8 Å². The minimum absolute atomic E-state index is 0.0822. The second-order valence-corrected chi connectivity index (χ2v) is 7.12. The highest BCUT2D eigenvalue weighted by atomic mass is 15.1. The second-order valence-electron chi connectivity index (χ2n) is 7.12. The summed E-state index contributed by atoms with van der Waals surface area (Å²) < 4.78 is 0. The van der Waals surface area contributed by atoms with E-state index in [0.717, 1.165) is 18.2 Å². The summed E-state index contributed by atoms with van der Waals surface area (Å²) in [5.74, 6) is 2.90. The predicted molar refractivity (Wildman–Crippen MR) is 80.1 cm³/mol. The van der Waals surface area contributed by atoms with Crippen LogP contribution in [0, 0.1) is 11.3 Å². The Labute approximate surface area is 116 Å². The summed E-state index contributed by atoms with van der Waals surface area (Å²) in [5, 5.41) is 3.45. The third kappa shape index (κ3) is 3.17. The van der Waals surface area contributed by atoms with Gasteiger partial charge in [0.1, 0.15) is 17.5 Å². The molecule has 0 radical (unpaired) electrons. The monoisotopic (exact) mass is 262 g/mol. The van der Waals surface area contributed by atoms with Gasteiger partial charge in [0.25, 0.3) is 0 Å². The number of nitrogen functional groups attached to an aromatic ring is 1. The maximum Gasteiger partial charge on any atom is 0.138 e. The minimum atomic E-state index is -0.0822. The van der Waals surface area contributed by atoms with Crippen molar-refractivity contribution < 1.29 is 0 Å². The number of nitrogens with one attached hydrogen (secondary N) is 1. The molecule has 0 spiro atoms. The Balaban J connectivity index is 2.11. The van der Waals surface area contributed by atoms with E-state index in [9.17, 15) is 0 Å². The maximum absolute atomic E-state index is 5.88. The van der Waals surface area contributed by atoms with E-state index in [0.29, 0.717) is 17.2 Å². The average molecular weight is 262 g/mol. The van der Waals surface area contributed by atoms with Crippen LogP contribution in [0.1, 0.15) is 53.3 Å². The minimum Gasteiger partial charge on any atom is -0.384 e. The molecule has 1 aliphatic carbocycles. The molecule has 1 aromatic rings. The Bertz CT molecular complexity index is 456. The first-order valence-electron chi connectivity index (χ1n) is 7.12. The van der Waals surface area contributed by atoms with E-state index < -0.39 is 0 Å². The molecule has 2 rings (SSSR count). The van der Waals surface area contributed by atoms with E-state index in [1.54, 1.807) is 0 Å². The lowest BCUT2D eigenvalue weighted by molar-refractivity contribution is 0.379. The Hall–Kier alpha value is -1.32. The van der Waals surface area contributed by atoms with Crippen molar-refractivity contribution in [1.82, 2.24) is 9.97 Å². The van der Waals surface area contributed by atoms with Gasteiger partial charge < -0.3 is 11.1 Å². The van der Waals surface area contributed by atoms with Gasteiger partial charge in [0.2, 0.25) is 0 Å². The van der Waals surface area contributed by atoms with Crippen LogP contribution in [0.5, 0.6) is 0 Å². The summed E-state index contributed by atoms with van der Waals surface area (Å²) in [7, 11) is 0. The van der Waals surface area contributed by atoms with Gasteiger partial charge in [-0.3, -0.25) is 0 Å². The fourth-order valence-electron chi connectivity index (χ4n) is 2.28. The van der Waals surface area contributed by atoms with E-state index in [2.05, 4.69) is 49.9 Å². The number of aromatic nitrogens is 2. The van der Waals surface area contributed by atoms with E-state index in [1.807, 2.05) is 6.07 Å². The van der Waals surface area contributed by atoms with Gasteiger partial charge in [-0.05, 0) is 24.2 Å². The SMILES string of the molecule is CC(C)C1(CNc2cc(N)nc(C(C)(C)C)n2)CC1. The molecule has 1 saturated carbocycles. The highest BCUT2D eigenvalue weighted by Gasteiger charge is 2.45. The zero-order valence-electron chi connectivity index (χ0n) is 12.7. The molecule has 0 saturated heterocycles. The zero-order chi connectivity index (χ0) is 14.3. The number of hydrogen-bond acceptors (Lipinski definition) is 4. The van der Waals surface area contributed by atoms with Crippen LogP contribution in [0.25, 0.3) is 0 Å². The van der Waals surface area contributed by atoms with Gasteiger partial charge in [0.15, 0.2) is 0 Å². The topological polar surface area (TPSA) is 63.8 Å². The number of anilines is 2. The van der Waals surface area contributed by atoms with Gasteiger partial charge in [-0.25, -0.2) is 9.97 Å². The number of hydrogen-bond donors (Lipinski definition) is 2. The molecule has 4 nitrogen and oxygen atoms in total. The molecule has 4 heteroatoms. The molecule has 1 aromatic heterocycles. The van der Waals surface area contributed by atoms with Crippen LogP contribution in [-0.2, 0) is 5.41 Å². The van der Waals surface area contributed by atoms with Crippen LogP contribution in [0.2, 0.25) is 0 Å². The highest BCUT2D eigenvalue weighted by molar-refractivity contribution is 5.45. The van der Waals surface area contributed by atoms with Crippen LogP contribution in [0.3, 0.4) is 0 Å². The van der Waals surface area contributed by atoms with Gasteiger partial charge in [-0.1, -0.05) is 34.6 Å². The first-order chi connectivity index (χ1) is 8.73. The van der Waals surface area contributed by atoms with Gasteiger partial charge in [0.05, 0.1) is 0 Å². The molecule has 1 fully saturated rings. The molecule has 3 N–H and O–H groups in total. The summed E-state index contributed by atoms with van der Waals surface area (Å²) >= 11 is 0. The van der Waals surface area contributed by atoms with Gasteiger partial charge in [0, 0.05) is 18.0 Å². The molecular weight excluding hydrogens is 236 g/mol. The molecule has 19 heavy (non-hydrogen) atoms. The summed E-state index contributed by atoms with van der Waals surface area (Å²) in [6.45, 7) is 11.9. The average Bonchev–Trinajstić information content (AvgIpc) is 3.05. The van der Waals surface area contributed by atoms with Crippen molar-refractivity contribution in [2.45, 2.75) is 52.9 Å². The summed E-state index contributed by atoms with van der Waals surface area (Å²) in [6, 6.07) is 1.83. The van der Waals surface area contributed by atoms with E-state index in [4.69, 9.17) is 5.73 Å². The van der Waals surface area contributed by atoms with Gasteiger partial charge >= 0.3 is 0 Å². The molecule has 1 aliphatic rings. The number of rotatable bonds is 4. The lowest BCUT2D eigenvalue weighted by Crippen LogP contribution is -2.23. The molecule has 0 amide bonds.